The predicted octanol–water partition coefficient (Wildman–Crippen LogP) is 1.18. The number of nitrogens with one attached hydrogen (secondary N) is 1. The van der Waals surface area contributed by atoms with Crippen molar-refractivity contribution in [1.29, 1.82) is 0 Å². The zero-order valence-electron chi connectivity index (χ0n) is 9.12. The van der Waals surface area contributed by atoms with Crippen LogP contribution in [0.15, 0.2) is 12.7 Å². The zero-order valence-corrected chi connectivity index (χ0v) is 10.7. The fraction of sp³-hybridized carbons (Fsp3) is 0.500. The smallest absolute Gasteiger partial charge is 0.276 e. The minimum Gasteiger partial charge on any atom is -0.276 e. The van der Waals surface area contributed by atoms with E-state index in [4.69, 9.17) is 0 Å². The molecule has 1 unspecified atom stereocenters. The van der Waals surface area contributed by atoms with Crippen LogP contribution in [0.4, 0.5) is 4.79 Å². The molecule has 0 saturated carbocycles. The maximum Gasteiger partial charge on any atom is 0.331 e. The van der Waals surface area contributed by atoms with Crippen LogP contribution in [0.1, 0.15) is 20.3 Å². The van der Waals surface area contributed by atoms with E-state index in [1.54, 1.807) is 13.8 Å². The van der Waals surface area contributed by atoms with Gasteiger partial charge in [-0.2, -0.15) is 0 Å². The second kappa shape index (κ2) is 4.37. The molecule has 6 heteroatoms. The third-order valence-electron chi connectivity index (χ3n) is 2.30. The van der Waals surface area contributed by atoms with Crippen LogP contribution in [0.5, 0.6) is 0 Å². The molecule has 88 valence electrons. The number of barbiturate groups is 1. The van der Waals surface area contributed by atoms with Crippen molar-refractivity contribution in [2.45, 2.75) is 30.6 Å². The molecule has 0 bridgehead atoms. The molecule has 0 aromatic heterocycles. The Hall–Kier alpha value is -1.17. The van der Waals surface area contributed by atoms with Crippen molar-refractivity contribution in [2.75, 3.05) is 0 Å². The number of amides is 4. The second-order valence-corrected chi connectivity index (χ2v) is 5.18. The van der Waals surface area contributed by atoms with Gasteiger partial charge in [0.15, 0.2) is 4.32 Å². The molecule has 1 saturated heterocycles. The van der Waals surface area contributed by atoms with E-state index in [2.05, 4.69) is 27.8 Å². The number of imide groups is 2. The topological polar surface area (TPSA) is 66.5 Å². The summed E-state index contributed by atoms with van der Waals surface area (Å²) in [5, 5.41) is 2.15. The quantitative estimate of drug-likeness (QED) is 0.482. The maximum absolute atomic E-state index is 12.0. The van der Waals surface area contributed by atoms with E-state index >= 15 is 0 Å². The largest absolute Gasteiger partial charge is 0.331 e. The minimum atomic E-state index is -1.41. The van der Waals surface area contributed by atoms with Gasteiger partial charge in [-0.1, -0.05) is 22.0 Å². The van der Waals surface area contributed by atoms with Crippen molar-refractivity contribution in [1.82, 2.24) is 10.2 Å². The van der Waals surface area contributed by atoms with Gasteiger partial charge in [0.05, 0.1) is 0 Å². The van der Waals surface area contributed by atoms with Crippen LogP contribution in [0.3, 0.4) is 0 Å². The molecular weight excluding hydrogens is 276 g/mol. The van der Waals surface area contributed by atoms with E-state index in [1.165, 1.54) is 6.08 Å². The molecule has 0 aromatic carbocycles. The minimum absolute atomic E-state index is 0.133. The number of carbonyl (C=O) groups excluding carboxylic acids is 3. The van der Waals surface area contributed by atoms with Gasteiger partial charge >= 0.3 is 6.03 Å². The Morgan fingerprint density at radius 3 is 2.50 bits per heavy atom. The molecule has 1 N–H and O–H groups in total. The van der Waals surface area contributed by atoms with Crippen molar-refractivity contribution < 1.29 is 14.4 Å². The number of hydrogen-bond donors (Lipinski definition) is 1. The summed E-state index contributed by atoms with van der Waals surface area (Å²) in [6.07, 6.45) is 1.59. The van der Waals surface area contributed by atoms with Gasteiger partial charge in [0.25, 0.3) is 11.8 Å². The average Bonchev–Trinajstić information content (AvgIpc) is 2.15. The molecule has 1 rings (SSSR count). The summed E-state index contributed by atoms with van der Waals surface area (Å²) in [5.41, 5.74) is 0. The van der Waals surface area contributed by atoms with Gasteiger partial charge in [0.1, 0.15) is 0 Å². The van der Waals surface area contributed by atoms with Gasteiger partial charge in [-0.25, -0.2) is 4.79 Å². The van der Waals surface area contributed by atoms with E-state index in [0.29, 0.717) is 0 Å². The summed E-state index contributed by atoms with van der Waals surface area (Å²) in [6, 6.07) is -0.980. The van der Waals surface area contributed by atoms with Gasteiger partial charge in [-0.3, -0.25) is 19.8 Å². The van der Waals surface area contributed by atoms with Crippen LogP contribution in [0.25, 0.3) is 0 Å². The summed E-state index contributed by atoms with van der Waals surface area (Å²) in [4.78, 5) is 36.2. The molecule has 1 aliphatic heterocycles. The van der Waals surface area contributed by atoms with E-state index in [-0.39, 0.29) is 12.5 Å². The molecular formula is C10H13BrN2O3. The van der Waals surface area contributed by atoms with Gasteiger partial charge in [0.2, 0.25) is 0 Å². The Kier molecular flexibility index (Phi) is 3.52. The van der Waals surface area contributed by atoms with Gasteiger partial charge in [-0.05, 0) is 20.3 Å². The van der Waals surface area contributed by atoms with Gasteiger partial charge in [-0.15, -0.1) is 6.58 Å². The molecule has 0 radical (unpaired) electrons. The molecule has 4 amide bonds. The molecule has 1 aliphatic rings. The third kappa shape index (κ3) is 1.89. The summed E-state index contributed by atoms with van der Waals surface area (Å²) in [5.74, 6) is -1.18. The van der Waals surface area contributed by atoms with Crippen LogP contribution in [0.2, 0.25) is 0 Å². The van der Waals surface area contributed by atoms with E-state index in [9.17, 15) is 14.4 Å². The molecule has 5 nitrogen and oxygen atoms in total. The normalized spacial score (nSPS) is 26.0. The summed E-state index contributed by atoms with van der Waals surface area (Å²) < 4.78 is -1.41. The van der Waals surface area contributed by atoms with Crippen LogP contribution < -0.4 is 5.32 Å². The van der Waals surface area contributed by atoms with E-state index < -0.39 is 22.2 Å². The fourth-order valence-electron chi connectivity index (χ4n) is 1.48. The Morgan fingerprint density at radius 2 is 2.06 bits per heavy atom. The first-order chi connectivity index (χ1) is 7.34. The highest BCUT2D eigenvalue weighted by molar-refractivity contribution is 9.10. The van der Waals surface area contributed by atoms with E-state index in [0.717, 1.165) is 4.90 Å². The first kappa shape index (κ1) is 12.9. The number of rotatable bonds is 3. The lowest BCUT2D eigenvalue weighted by Gasteiger charge is -2.37. The van der Waals surface area contributed by atoms with Crippen LogP contribution in [-0.4, -0.2) is 33.1 Å². The number of alkyl halides is 1. The lowest BCUT2D eigenvalue weighted by Crippen LogP contribution is -2.66. The Morgan fingerprint density at radius 1 is 1.50 bits per heavy atom. The number of halogens is 1. The summed E-state index contributed by atoms with van der Waals surface area (Å²) in [7, 11) is 0. The Bertz CT molecular complexity index is 367. The van der Waals surface area contributed by atoms with Crippen LogP contribution in [0, 0.1) is 0 Å². The molecule has 0 aliphatic carbocycles. The lowest BCUT2D eigenvalue weighted by atomic mass is 9.99. The summed E-state index contributed by atoms with van der Waals surface area (Å²) in [6.45, 7) is 6.90. The average molecular weight is 289 g/mol. The second-order valence-electron chi connectivity index (χ2n) is 3.82. The van der Waals surface area contributed by atoms with Crippen molar-refractivity contribution in [2.24, 2.45) is 0 Å². The van der Waals surface area contributed by atoms with Crippen molar-refractivity contribution >= 4 is 33.8 Å². The number of hydrogen-bond acceptors (Lipinski definition) is 3. The fourth-order valence-corrected chi connectivity index (χ4v) is 2.00. The van der Waals surface area contributed by atoms with Crippen molar-refractivity contribution in [3.05, 3.63) is 12.7 Å². The van der Waals surface area contributed by atoms with Crippen LogP contribution in [-0.2, 0) is 9.59 Å². The number of carbonyl (C=O) groups is 3. The molecule has 1 atom stereocenters. The maximum atomic E-state index is 12.0. The molecule has 1 heterocycles. The first-order valence-corrected chi connectivity index (χ1v) is 5.62. The number of urea groups is 1. The SMILES string of the molecule is C=CCC1(Br)C(=O)NC(=O)N(C(C)C)C1=O. The van der Waals surface area contributed by atoms with Gasteiger partial charge < -0.3 is 0 Å². The molecule has 16 heavy (non-hydrogen) atoms. The Balaban J connectivity index is 3.13. The standard InChI is InChI=1S/C10H13BrN2O3/c1-4-5-10(11)7(14)12-9(16)13(6(2)3)8(10)15/h4,6H,1,5H2,2-3H3,(H,12,14,16). The van der Waals surface area contributed by atoms with Crippen molar-refractivity contribution in [3.63, 3.8) is 0 Å². The van der Waals surface area contributed by atoms with Crippen molar-refractivity contribution in [3.8, 4) is 0 Å². The van der Waals surface area contributed by atoms with Gasteiger partial charge in [0, 0.05) is 6.04 Å². The molecule has 0 spiro atoms. The third-order valence-corrected chi connectivity index (χ3v) is 3.32. The predicted molar refractivity (Wildman–Crippen MR) is 62.0 cm³/mol. The first-order valence-electron chi connectivity index (χ1n) is 4.83. The van der Waals surface area contributed by atoms with E-state index in [1.807, 2.05) is 0 Å². The number of nitrogens with zero attached hydrogens (tertiary/aromatic N) is 1. The molecule has 1 fully saturated rings. The molecule has 0 aromatic rings. The zero-order chi connectivity index (χ0) is 12.5. The highest BCUT2D eigenvalue weighted by atomic mass is 79.9. The monoisotopic (exact) mass is 288 g/mol. The number of allylic oxidation sites excluding steroid dienone is 1. The Labute approximate surface area is 102 Å². The summed E-state index contributed by atoms with van der Waals surface area (Å²) >= 11 is 3.10. The highest BCUT2D eigenvalue weighted by Crippen LogP contribution is 2.30. The highest BCUT2D eigenvalue weighted by Gasteiger charge is 2.52. The van der Waals surface area contributed by atoms with Crippen LogP contribution >= 0.6 is 15.9 Å². The lowest BCUT2D eigenvalue weighted by molar-refractivity contribution is -0.140.